The fraction of sp³-hybridized carbons (Fsp3) is 0.294. The maximum Gasteiger partial charge on any atom is 0.242 e. The average molecular weight is 525 g/mol. The van der Waals surface area contributed by atoms with Crippen molar-refractivity contribution >= 4 is 40.0 Å². The molecule has 0 radical (unpaired) electrons. The van der Waals surface area contributed by atoms with Crippen LogP contribution in [-0.2, 0) is 10.0 Å². The van der Waals surface area contributed by atoms with E-state index >= 15 is 0 Å². The number of pyridine rings is 1. The Morgan fingerprint density at radius 3 is 2.61 bits per heavy atom. The van der Waals surface area contributed by atoms with Gasteiger partial charge in [0, 0.05) is 44.2 Å². The highest BCUT2D eigenvalue weighted by atomic mass is 127. The van der Waals surface area contributed by atoms with Gasteiger partial charge >= 0.3 is 0 Å². The maximum absolute atomic E-state index is 13.8. The maximum atomic E-state index is 13.8. The number of rotatable bonds is 7. The van der Waals surface area contributed by atoms with E-state index in [0.717, 1.165) is 6.07 Å². The highest BCUT2D eigenvalue weighted by molar-refractivity contribution is 14.0. The molecule has 0 bridgehead atoms. The number of nitrogens with one attached hydrogen (secondary N) is 3. The van der Waals surface area contributed by atoms with Crippen LogP contribution in [0.3, 0.4) is 0 Å². The van der Waals surface area contributed by atoms with Crippen LogP contribution in [0.5, 0.6) is 0 Å². The number of nitrogens with zero attached hydrogens (tertiary/aromatic N) is 2. The lowest BCUT2D eigenvalue weighted by molar-refractivity contribution is 0.550. The summed E-state index contributed by atoms with van der Waals surface area (Å²) in [5.41, 5.74) is 0.289. The molecule has 0 saturated heterocycles. The highest BCUT2D eigenvalue weighted by Gasteiger charge is 2.14. The Bertz CT molecular complexity index is 898. The molecular weight excluding hydrogens is 503 g/mol. The van der Waals surface area contributed by atoms with Gasteiger partial charge in [-0.15, -0.1) is 24.0 Å². The van der Waals surface area contributed by atoms with Gasteiger partial charge in [0.2, 0.25) is 10.0 Å². The van der Waals surface area contributed by atoms with Gasteiger partial charge in [-0.05, 0) is 25.1 Å². The molecule has 0 aliphatic carbocycles. The number of aromatic nitrogens is 1. The Kier molecular flexibility index (Phi) is 9.69. The monoisotopic (exact) mass is 525 g/mol. The Balaban J connectivity index is 0.00000392. The quantitative estimate of drug-likeness (QED) is 0.223. The second kappa shape index (κ2) is 11.2. The van der Waals surface area contributed by atoms with Gasteiger partial charge < -0.3 is 10.6 Å². The van der Waals surface area contributed by atoms with Crippen molar-refractivity contribution < 1.29 is 17.2 Å². The predicted molar refractivity (Wildman–Crippen MR) is 114 cm³/mol. The van der Waals surface area contributed by atoms with Crippen LogP contribution in [0, 0.1) is 11.6 Å². The molecule has 0 spiro atoms. The fourth-order valence-electron chi connectivity index (χ4n) is 2.29. The van der Waals surface area contributed by atoms with E-state index in [1.807, 2.05) is 0 Å². The lowest BCUT2D eigenvalue weighted by Gasteiger charge is -2.19. The molecule has 0 aliphatic rings. The van der Waals surface area contributed by atoms with E-state index < -0.39 is 27.7 Å². The molecule has 154 valence electrons. The van der Waals surface area contributed by atoms with Gasteiger partial charge in [-0.2, -0.15) is 0 Å². The van der Waals surface area contributed by atoms with E-state index in [-0.39, 0.29) is 47.5 Å². The molecule has 0 aliphatic heterocycles. The largest absolute Gasteiger partial charge is 0.355 e. The average Bonchev–Trinajstić information content (AvgIpc) is 2.64. The number of sulfonamides is 1. The number of aliphatic imine (C=N–C) groups is 1. The van der Waals surface area contributed by atoms with Crippen LogP contribution in [-0.4, -0.2) is 39.5 Å². The molecule has 1 unspecified atom stereocenters. The second-order valence-corrected chi connectivity index (χ2v) is 7.38. The number of hydrogen-bond donors (Lipinski definition) is 3. The lowest BCUT2D eigenvalue weighted by atomic mass is 10.1. The van der Waals surface area contributed by atoms with Gasteiger partial charge in [-0.1, -0.05) is 6.07 Å². The molecule has 2 rings (SSSR count). The van der Waals surface area contributed by atoms with Crippen LogP contribution >= 0.6 is 24.0 Å². The zero-order valence-corrected chi connectivity index (χ0v) is 18.5. The van der Waals surface area contributed by atoms with Gasteiger partial charge in [-0.25, -0.2) is 21.9 Å². The van der Waals surface area contributed by atoms with Gasteiger partial charge in [0.05, 0.1) is 6.04 Å². The summed E-state index contributed by atoms with van der Waals surface area (Å²) in [5.74, 6) is -0.951. The van der Waals surface area contributed by atoms with Crippen molar-refractivity contribution in [3.8, 4) is 0 Å². The van der Waals surface area contributed by atoms with Crippen molar-refractivity contribution in [3.05, 3.63) is 59.9 Å². The van der Waals surface area contributed by atoms with Crippen LogP contribution in [0.4, 0.5) is 8.78 Å². The number of benzene rings is 1. The Hall–Kier alpha value is -1.86. The third-order valence-electron chi connectivity index (χ3n) is 3.66. The first-order valence-electron chi connectivity index (χ1n) is 8.15. The summed E-state index contributed by atoms with van der Waals surface area (Å²) in [7, 11) is -2.11. The van der Waals surface area contributed by atoms with Gasteiger partial charge in [0.25, 0.3) is 0 Å². The molecule has 11 heteroatoms. The predicted octanol–water partition coefficient (Wildman–Crippen LogP) is 2.18. The second-order valence-electron chi connectivity index (χ2n) is 5.62. The fourth-order valence-corrected chi connectivity index (χ4v) is 3.28. The number of halogens is 3. The van der Waals surface area contributed by atoms with Crippen LogP contribution in [0.15, 0.2) is 52.6 Å². The molecule has 28 heavy (non-hydrogen) atoms. The van der Waals surface area contributed by atoms with Crippen LogP contribution in [0.25, 0.3) is 0 Å². The minimum atomic E-state index is -3.64. The van der Waals surface area contributed by atoms with E-state index in [2.05, 4.69) is 25.3 Å². The molecule has 0 amide bonds. The molecule has 1 aromatic heterocycles. The van der Waals surface area contributed by atoms with Crippen molar-refractivity contribution in [2.45, 2.75) is 17.9 Å². The molecular formula is C17H22F2IN5O2S. The van der Waals surface area contributed by atoms with E-state index in [9.17, 15) is 17.2 Å². The summed E-state index contributed by atoms with van der Waals surface area (Å²) < 4.78 is 53.4. The number of hydrogen-bond acceptors (Lipinski definition) is 4. The van der Waals surface area contributed by atoms with Gasteiger partial charge in [0.1, 0.15) is 16.5 Å². The van der Waals surface area contributed by atoms with Crippen LogP contribution in [0.1, 0.15) is 18.5 Å². The van der Waals surface area contributed by atoms with Crippen molar-refractivity contribution in [1.29, 1.82) is 0 Å². The standard InChI is InChI=1S/C17H21F2N5O2S.HI/c1-12(15-6-5-13(18)10-16(15)19)24-17(20-2)22-8-9-23-27(25,26)14-4-3-7-21-11-14;/h3-7,10-12,23H,8-9H2,1-2H3,(H2,20,22,24);1H. The topological polar surface area (TPSA) is 95.5 Å². The van der Waals surface area contributed by atoms with E-state index in [1.165, 1.54) is 43.7 Å². The summed E-state index contributed by atoms with van der Waals surface area (Å²) in [6.45, 7) is 2.06. The first-order valence-corrected chi connectivity index (χ1v) is 9.63. The molecule has 1 heterocycles. The third kappa shape index (κ3) is 6.95. The Morgan fingerprint density at radius 1 is 1.25 bits per heavy atom. The zero-order chi connectivity index (χ0) is 19.9. The summed E-state index contributed by atoms with van der Waals surface area (Å²) in [6.07, 6.45) is 2.75. The molecule has 3 N–H and O–H groups in total. The van der Waals surface area contributed by atoms with Gasteiger partial charge in [-0.3, -0.25) is 9.98 Å². The molecule has 0 saturated carbocycles. The van der Waals surface area contributed by atoms with Crippen LogP contribution < -0.4 is 15.4 Å². The summed E-state index contributed by atoms with van der Waals surface area (Å²) in [5, 5.41) is 5.89. The molecule has 7 nitrogen and oxygen atoms in total. The Labute approximate surface area is 180 Å². The summed E-state index contributed by atoms with van der Waals surface area (Å²) >= 11 is 0. The van der Waals surface area contributed by atoms with Crippen molar-refractivity contribution in [2.24, 2.45) is 4.99 Å². The summed E-state index contributed by atoms with van der Waals surface area (Å²) in [6, 6.07) is 5.87. The molecule has 2 aromatic rings. The Morgan fingerprint density at radius 2 is 2.00 bits per heavy atom. The first kappa shape index (κ1) is 24.2. The first-order chi connectivity index (χ1) is 12.8. The molecule has 1 aromatic carbocycles. The van der Waals surface area contributed by atoms with Crippen molar-refractivity contribution in [3.63, 3.8) is 0 Å². The smallest absolute Gasteiger partial charge is 0.242 e. The SMILES string of the molecule is CN=C(NCCNS(=O)(=O)c1cccnc1)NC(C)c1ccc(F)cc1F.I. The summed E-state index contributed by atoms with van der Waals surface area (Å²) in [4.78, 5) is 7.86. The number of guanidine groups is 1. The minimum Gasteiger partial charge on any atom is -0.355 e. The minimum absolute atomic E-state index is 0. The van der Waals surface area contributed by atoms with Crippen LogP contribution in [0.2, 0.25) is 0 Å². The van der Waals surface area contributed by atoms with Crippen molar-refractivity contribution in [2.75, 3.05) is 20.1 Å². The van der Waals surface area contributed by atoms with E-state index in [1.54, 1.807) is 6.92 Å². The normalized spacial score (nSPS) is 12.8. The molecule has 0 fully saturated rings. The highest BCUT2D eigenvalue weighted by Crippen LogP contribution is 2.17. The molecule has 1 atom stereocenters. The lowest BCUT2D eigenvalue weighted by Crippen LogP contribution is -2.42. The van der Waals surface area contributed by atoms with E-state index in [4.69, 9.17) is 0 Å². The van der Waals surface area contributed by atoms with Gasteiger partial charge in [0.15, 0.2) is 5.96 Å². The third-order valence-corrected chi connectivity index (χ3v) is 5.11. The zero-order valence-electron chi connectivity index (χ0n) is 15.3. The van der Waals surface area contributed by atoms with Crippen molar-refractivity contribution in [1.82, 2.24) is 20.3 Å². The van der Waals surface area contributed by atoms with E-state index in [0.29, 0.717) is 5.96 Å².